The first-order valence-corrected chi connectivity index (χ1v) is 28.8. The van der Waals surface area contributed by atoms with Crippen LogP contribution in [0.25, 0.3) is 22.3 Å². The van der Waals surface area contributed by atoms with E-state index in [1.54, 1.807) is 4.57 Å². The number of unbranched alkanes of at least 4 members (excludes halogenated alkanes) is 15. The molecule has 4 aromatic heterocycles. The predicted octanol–water partition coefficient (Wildman–Crippen LogP) is 7.73. The molecule has 388 valence electrons. The SMILES string of the molecule is CCCCCCCCCCCCCCCC(=O)NCCCCCCOP(=O)(O)OC[C@@H](OC)C(Cn1cnc2c(=S)[nH]c(N)nc21)OP(O)(=S)OC[C@H]1O[C@@H](n2cnc3c(=S)[nH]c(N)nc32)CC1O. The summed E-state index contributed by atoms with van der Waals surface area (Å²) in [4.78, 5) is 56.9. The molecular weight excluding hydrogens is 993 g/mol. The lowest BCUT2D eigenvalue weighted by atomic mass is 10.0. The number of hydrogen-bond acceptors (Lipinski definition) is 18. The normalized spacial score (nSPS) is 18.9. The third kappa shape index (κ3) is 18.9. The zero-order valence-electron chi connectivity index (χ0n) is 39.6. The lowest BCUT2D eigenvalue weighted by Crippen LogP contribution is -2.37. The number of nitrogen functional groups attached to an aromatic ring is 2. The molecule has 10 N–H and O–H groups in total. The number of aliphatic hydroxyl groups excluding tert-OH is 1. The van der Waals surface area contributed by atoms with Gasteiger partial charge in [-0.05, 0) is 31.1 Å². The summed E-state index contributed by atoms with van der Waals surface area (Å²) in [5.74, 6) is 0.173. The van der Waals surface area contributed by atoms with Crippen LogP contribution in [-0.4, -0.2) is 118 Å². The van der Waals surface area contributed by atoms with Gasteiger partial charge in [0, 0.05) is 26.5 Å². The van der Waals surface area contributed by atoms with Crippen molar-refractivity contribution in [1.82, 2.24) is 44.4 Å². The number of nitrogens with zero attached hydrogens (tertiary/aromatic N) is 6. The first-order valence-electron chi connectivity index (χ1n) is 23.9. The summed E-state index contributed by atoms with van der Waals surface area (Å²) in [6.45, 7) is -2.51. The van der Waals surface area contributed by atoms with Crippen molar-refractivity contribution in [1.29, 1.82) is 0 Å². The van der Waals surface area contributed by atoms with Gasteiger partial charge in [0.25, 0.3) is 0 Å². The molecule has 4 unspecified atom stereocenters. The predicted molar refractivity (Wildman–Crippen MR) is 270 cm³/mol. The van der Waals surface area contributed by atoms with E-state index in [-0.39, 0.29) is 58.9 Å². The van der Waals surface area contributed by atoms with Crippen LogP contribution in [0.1, 0.15) is 135 Å². The number of carbonyl (C=O) groups excluding carboxylic acids is 1. The van der Waals surface area contributed by atoms with Crippen LogP contribution in [0.4, 0.5) is 11.9 Å². The molecule has 7 atom stereocenters. The van der Waals surface area contributed by atoms with E-state index in [0.29, 0.717) is 42.5 Å². The van der Waals surface area contributed by atoms with Crippen LogP contribution in [0, 0.1) is 9.28 Å². The molecular formula is C42H71N11O11P2S3. The van der Waals surface area contributed by atoms with E-state index >= 15 is 0 Å². The Bertz CT molecular complexity index is 2430. The van der Waals surface area contributed by atoms with E-state index in [1.165, 1.54) is 95.0 Å². The average molecular weight is 1060 g/mol. The quantitative estimate of drug-likeness (QED) is 0.0124. The van der Waals surface area contributed by atoms with Crippen molar-refractivity contribution < 1.29 is 51.8 Å². The molecule has 1 aliphatic rings. The standard InChI is InChI=1S/C42H71N11O11P2S3/c1-3-4-5-6-7-8-9-10-11-12-13-14-17-20-33(55)45-21-18-15-16-19-22-60-65(56,57)61-26-32(59-2)30(24-52-27-46-35-37(52)48-41(43)50-39(35)67)64-66(58,69)62-25-31-29(54)23-34(63-31)53-28-47-36-38(53)49-42(44)51-40(36)68/h27-32,34,54H,3-26H2,1-2H3,(H,45,55)(H,56,57)(H,58,69)(H3,43,48,50,67)(H3,44,49,51,68)/t29?,30?,31-,32-,34-,66?/m1/s1. The van der Waals surface area contributed by atoms with Gasteiger partial charge in [0.1, 0.15) is 44.9 Å². The van der Waals surface area contributed by atoms with Crippen LogP contribution in [0.2, 0.25) is 0 Å². The van der Waals surface area contributed by atoms with Gasteiger partial charge in [0.2, 0.25) is 17.8 Å². The molecule has 0 aromatic carbocycles. The number of carbonyl (C=O) groups is 1. The molecule has 1 amide bonds. The third-order valence-electron chi connectivity index (χ3n) is 11.8. The van der Waals surface area contributed by atoms with E-state index in [9.17, 15) is 24.3 Å². The molecule has 5 heterocycles. The number of rotatable bonds is 35. The highest BCUT2D eigenvalue weighted by molar-refractivity contribution is 8.07. The zero-order chi connectivity index (χ0) is 49.8. The summed E-state index contributed by atoms with van der Waals surface area (Å²) in [6.07, 6.45) is 17.6. The second-order valence-electron chi connectivity index (χ2n) is 17.3. The number of phosphoric ester groups is 1. The molecule has 4 aromatic rings. The first kappa shape index (κ1) is 57.0. The number of phosphoric acid groups is 1. The van der Waals surface area contributed by atoms with Crippen molar-refractivity contribution in [2.45, 2.75) is 166 Å². The highest BCUT2D eigenvalue weighted by Gasteiger charge is 2.39. The first-order chi connectivity index (χ1) is 33.1. The lowest BCUT2D eigenvalue weighted by Gasteiger charge is -2.30. The molecule has 1 saturated heterocycles. The molecule has 0 bridgehead atoms. The van der Waals surface area contributed by atoms with Crippen LogP contribution in [0.15, 0.2) is 12.7 Å². The Morgan fingerprint density at radius 2 is 1.43 bits per heavy atom. The summed E-state index contributed by atoms with van der Waals surface area (Å²) in [6, 6.07) is 0. The van der Waals surface area contributed by atoms with E-state index < -0.39 is 51.8 Å². The number of aliphatic hydroxyl groups is 1. The Balaban J connectivity index is 1.03. The Morgan fingerprint density at radius 3 is 2.09 bits per heavy atom. The average Bonchev–Trinajstić information content (AvgIpc) is 4.02. The Hall–Kier alpha value is -2.87. The topological polar surface area (TPSA) is 307 Å². The van der Waals surface area contributed by atoms with Crippen molar-refractivity contribution in [2.24, 2.45) is 0 Å². The molecule has 69 heavy (non-hydrogen) atoms. The number of fused-ring (bicyclic) bond motifs is 2. The number of imidazole rings is 2. The molecule has 5 rings (SSSR count). The van der Waals surface area contributed by atoms with Gasteiger partial charge in [-0.25, -0.2) is 14.5 Å². The van der Waals surface area contributed by atoms with Gasteiger partial charge in [-0.1, -0.05) is 121 Å². The van der Waals surface area contributed by atoms with Crippen molar-refractivity contribution in [3.05, 3.63) is 21.9 Å². The number of hydrogen-bond donors (Lipinski definition) is 8. The Morgan fingerprint density at radius 1 is 0.855 bits per heavy atom. The fourth-order valence-corrected chi connectivity index (χ4v) is 10.7. The largest absolute Gasteiger partial charge is 0.472 e. The van der Waals surface area contributed by atoms with Crippen molar-refractivity contribution in [2.75, 3.05) is 44.9 Å². The van der Waals surface area contributed by atoms with Gasteiger partial charge < -0.3 is 64.7 Å². The maximum atomic E-state index is 13.0. The number of ether oxygens (including phenoxy) is 2. The molecule has 1 aliphatic heterocycles. The lowest BCUT2D eigenvalue weighted by molar-refractivity contribution is -0.121. The van der Waals surface area contributed by atoms with Crippen LogP contribution < -0.4 is 16.8 Å². The molecule has 0 saturated carbocycles. The minimum absolute atomic E-state index is 0.0220. The summed E-state index contributed by atoms with van der Waals surface area (Å²) >= 11 is 16.1. The van der Waals surface area contributed by atoms with Crippen LogP contribution in [0.5, 0.6) is 0 Å². The van der Waals surface area contributed by atoms with Gasteiger partial charge in [0.15, 0.2) is 11.3 Å². The monoisotopic (exact) mass is 1060 g/mol. The number of nitrogens with one attached hydrogen (secondary N) is 3. The van der Waals surface area contributed by atoms with Gasteiger partial charge in [-0.3, -0.25) is 18.4 Å². The number of amides is 1. The summed E-state index contributed by atoms with van der Waals surface area (Å²) in [5, 5.41) is 13.9. The maximum Gasteiger partial charge on any atom is 0.472 e. The number of methoxy groups -OCH3 is 1. The van der Waals surface area contributed by atoms with Crippen molar-refractivity contribution >= 4 is 90.9 Å². The minimum Gasteiger partial charge on any atom is -0.390 e. The van der Waals surface area contributed by atoms with Crippen molar-refractivity contribution in [3.8, 4) is 0 Å². The number of nitrogens with two attached hydrogens (primary N) is 2. The Labute approximate surface area is 418 Å². The van der Waals surface area contributed by atoms with Crippen LogP contribution in [-0.2, 0) is 55.3 Å². The van der Waals surface area contributed by atoms with Gasteiger partial charge in [-0.2, -0.15) is 9.97 Å². The molecule has 27 heteroatoms. The minimum atomic E-state index is -4.60. The second kappa shape index (κ2) is 29.0. The zero-order valence-corrected chi connectivity index (χ0v) is 43.8. The fraction of sp³-hybridized carbons (Fsp3) is 0.738. The molecule has 0 aliphatic carbocycles. The summed E-state index contributed by atoms with van der Waals surface area (Å²) in [7, 11) is -3.28. The second-order valence-corrected chi connectivity index (χ2v) is 22.3. The van der Waals surface area contributed by atoms with Gasteiger partial charge in [-0.15, -0.1) is 0 Å². The van der Waals surface area contributed by atoms with E-state index in [2.05, 4.69) is 42.1 Å². The maximum absolute atomic E-state index is 13.0. The summed E-state index contributed by atoms with van der Waals surface area (Å²) in [5.41, 5.74) is 13.1. The van der Waals surface area contributed by atoms with E-state index in [1.807, 2.05) is 0 Å². The fourth-order valence-electron chi connectivity index (χ4n) is 7.99. The smallest absolute Gasteiger partial charge is 0.390 e. The third-order valence-corrected chi connectivity index (χ3v) is 14.9. The summed E-state index contributed by atoms with van der Waals surface area (Å²) < 4.78 is 50.7. The number of aromatic nitrogens is 8. The molecule has 0 spiro atoms. The Kier molecular flexibility index (Phi) is 24.0. The number of aromatic amines is 2. The molecule has 22 nitrogen and oxygen atoms in total. The van der Waals surface area contributed by atoms with Gasteiger partial charge in [0.05, 0.1) is 45.1 Å². The van der Waals surface area contributed by atoms with E-state index in [0.717, 1.165) is 25.7 Å². The number of H-pyrrole nitrogens is 2. The molecule has 1 fully saturated rings. The van der Waals surface area contributed by atoms with Crippen LogP contribution >= 0.6 is 39.0 Å². The van der Waals surface area contributed by atoms with Crippen molar-refractivity contribution in [3.63, 3.8) is 0 Å². The highest BCUT2D eigenvalue weighted by atomic mass is 32.5. The van der Waals surface area contributed by atoms with E-state index in [4.69, 9.17) is 75.3 Å². The van der Waals surface area contributed by atoms with Gasteiger partial charge >= 0.3 is 14.5 Å². The highest BCUT2D eigenvalue weighted by Crippen LogP contribution is 2.48. The molecule has 0 radical (unpaired) electrons. The number of anilines is 2. The van der Waals surface area contributed by atoms with Crippen LogP contribution in [0.3, 0.4) is 0 Å².